The molecule has 2 aliphatic rings. The third-order valence-corrected chi connectivity index (χ3v) is 8.05. The molecule has 0 spiro atoms. The first-order chi connectivity index (χ1) is 15.4. The van der Waals surface area contributed by atoms with Crippen LogP contribution < -0.4 is 0 Å². The molecule has 0 atom stereocenters. The van der Waals surface area contributed by atoms with Crippen molar-refractivity contribution < 1.29 is 16.8 Å². The highest BCUT2D eigenvalue weighted by atomic mass is 32.2. The minimum Gasteiger partial charge on any atom is -0.199 e. The van der Waals surface area contributed by atoms with Crippen LogP contribution in [-0.4, -0.2) is 28.3 Å². The van der Waals surface area contributed by atoms with Gasteiger partial charge in [-0.15, -0.1) is 0 Å². The molecule has 3 aromatic carbocycles. The Balaban J connectivity index is 1.75. The molecular weight excluding hydrogens is 444 g/mol. The third kappa shape index (κ3) is 3.61. The van der Waals surface area contributed by atoms with E-state index in [0.29, 0.717) is 5.56 Å². The minimum absolute atomic E-state index is 0.0231. The van der Waals surface area contributed by atoms with Gasteiger partial charge in [0.05, 0.1) is 9.79 Å². The quantitative estimate of drug-likeness (QED) is 0.585. The van der Waals surface area contributed by atoms with E-state index in [-0.39, 0.29) is 21.2 Å². The van der Waals surface area contributed by atoms with Crippen LogP contribution in [0, 0.1) is 0 Å². The van der Waals surface area contributed by atoms with Gasteiger partial charge in [-0.1, -0.05) is 54.6 Å². The average Bonchev–Trinajstić information content (AvgIpc) is 3.21. The number of rotatable bonds is 4. The number of nitrogens with zero attached hydrogens (tertiary/aromatic N) is 2. The molecular formula is C24H18N2O4S2. The highest BCUT2D eigenvalue weighted by Gasteiger charge is 2.31. The topological polar surface area (TPSA) is 93.0 Å². The number of sulfonamides is 2. The van der Waals surface area contributed by atoms with E-state index in [9.17, 15) is 16.8 Å². The summed E-state index contributed by atoms with van der Waals surface area (Å²) in [5, 5.41) is 0. The zero-order valence-corrected chi connectivity index (χ0v) is 18.5. The highest BCUT2D eigenvalue weighted by molar-refractivity contribution is 7.91. The van der Waals surface area contributed by atoms with Crippen LogP contribution in [0.25, 0.3) is 5.57 Å². The Hall–Kier alpha value is -3.36. The van der Waals surface area contributed by atoms with Crippen molar-refractivity contribution in [3.8, 4) is 0 Å². The maximum atomic E-state index is 13.1. The number of hydrogen-bond donors (Lipinski definition) is 0. The van der Waals surface area contributed by atoms with Crippen molar-refractivity contribution in [3.63, 3.8) is 0 Å². The molecule has 0 saturated carbocycles. The molecule has 0 bridgehead atoms. The summed E-state index contributed by atoms with van der Waals surface area (Å²) in [6.07, 6.45) is 3.18. The first kappa shape index (κ1) is 20.5. The molecule has 0 amide bonds. The summed E-state index contributed by atoms with van der Waals surface area (Å²) in [7, 11) is -8.15. The molecule has 3 aromatic rings. The lowest BCUT2D eigenvalue weighted by atomic mass is 9.89. The molecule has 0 fully saturated rings. The second-order valence-corrected chi connectivity index (χ2v) is 10.7. The molecule has 0 saturated heterocycles. The van der Waals surface area contributed by atoms with Gasteiger partial charge in [-0.3, -0.25) is 0 Å². The Labute approximate surface area is 186 Å². The van der Waals surface area contributed by atoms with Gasteiger partial charge in [-0.25, -0.2) is 0 Å². The van der Waals surface area contributed by atoms with Crippen LogP contribution in [0.5, 0.6) is 0 Å². The molecule has 6 nitrogen and oxygen atoms in total. The van der Waals surface area contributed by atoms with E-state index in [4.69, 9.17) is 0 Å². The van der Waals surface area contributed by atoms with Gasteiger partial charge in [0, 0.05) is 5.56 Å². The zero-order chi connectivity index (χ0) is 22.3. The van der Waals surface area contributed by atoms with E-state index >= 15 is 0 Å². The van der Waals surface area contributed by atoms with Crippen LogP contribution in [0.2, 0.25) is 0 Å². The number of benzene rings is 3. The number of aryl methyl sites for hydroxylation is 1. The van der Waals surface area contributed by atoms with E-state index in [2.05, 4.69) is 8.80 Å². The molecule has 0 unspecified atom stereocenters. The van der Waals surface area contributed by atoms with Crippen molar-refractivity contribution >= 4 is 37.0 Å². The average molecular weight is 463 g/mol. The van der Waals surface area contributed by atoms with Gasteiger partial charge in [-0.2, -0.15) is 25.6 Å². The highest BCUT2D eigenvalue weighted by Crippen LogP contribution is 2.38. The van der Waals surface area contributed by atoms with E-state index in [1.807, 2.05) is 12.1 Å². The van der Waals surface area contributed by atoms with Crippen molar-refractivity contribution in [2.24, 2.45) is 8.80 Å². The first-order valence-corrected chi connectivity index (χ1v) is 12.9. The molecule has 160 valence electrons. The van der Waals surface area contributed by atoms with Crippen LogP contribution in [0.4, 0.5) is 0 Å². The van der Waals surface area contributed by atoms with Crippen molar-refractivity contribution in [2.45, 2.75) is 22.6 Å². The normalized spacial score (nSPS) is 17.9. The molecule has 0 radical (unpaired) electrons. The smallest absolute Gasteiger partial charge is 0.199 e. The third-order valence-electron chi connectivity index (χ3n) is 5.46. The molecule has 32 heavy (non-hydrogen) atoms. The van der Waals surface area contributed by atoms with Gasteiger partial charge >= 0.3 is 0 Å². The van der Waals surface area contributed by atoms with E-state index < -0.39 is 20.0 Å². The van der Waals surface area contributed by atoms with E-state index in [1.54, 1.807) is 48.5 Å². The largest absolute Gasteiger partial charge is 0.282 e. The number of hydrogen-bond acceptors (Lipinski definition) is 4. The molecule has 0 N–H and O–H groups in total. The Kier molecular flexibility index (Phi) is 4.91. The summed E-state index contributed by atoms with van der Waals surface area (Å²) in [4.78, 5) is 0.0576. The standard InChI is InChI=1S/C24H18N2O4S2/c27-31(28,19-9-3-1-4-10-19)25-22-16-18-15-14-17-8-7-13-21(23(17)18)24(22)26-32(29,30)20-11-5-2-6-12-20/h1-13,16H,14-15H2/b25-22-,26-24-. The predicted molar refractivity (Wildman–Crippen MR) is 124 cm³/mol. The van der Waals surface area contributed by atoms with Gasteiger partial charge in [0.2, 0.25) is 0 Å². The second kappa shape index (κ2) is 7.65. The molecule has 0 aromatic heterocycles. The Morgan fingerprint density at radius 3 is 1.84 bits per heavy atom. The fraction of sp³-hybridized carbons (Fsp3) is 0.0833. The minimum atomic E-state index is -4.08. The van der Waals surface area contributed by atoms with E-state index in [0.717, 1.165) is 29.5 Å². The van der Waals surface area contributed by atoms with Crippen molar-refractivity contribution in [1.29, 1.82) is 0 Å². The summed E-state index contributed by atoms with van der Waals surface area (Å²) >= 11 is 0. The summed E-state index contributed by atoms with van der Waals surface area (Å²) in [6, 6.07) is 21.3. The molecule has 2 aliphatic carbocycles. The van der Waals surface area contributed by atoms with Crippen LogP contribution in [0.3, 0.4) is 0 Å². The summed E-state index contributed by atoms with van der Waals surface area (Å²) in [5.41, 5.74) is 3.59. The molecule has 0 aliphatic heterocycles. The predicted octanol–water partition coefficient (Wildman–Crippen LogP) is 4.04. The molecule has 5 rings (SSSR count). The lowest BCUT2D eigenvalue weighted by Gasteiger charge is -2.18. The SMILES string of the molecule is O=S(=O)(/N=C1/C=C2CCc3cccc(c32)/C1=N/S(=O)(=O)c1ccccc1)c1ccccc1. The Morgan fingerprint density at radius 1 is 0.625 bits per heavy atom. The van der Waals surface area contributed by atoms with Gasteiger partial charge in [-0.05, 0) is 59.9 Å². The van der Waals surface area contributed by atoms with Crippen LogP contribution in [-0.2, 0) is 26.5 Å². The van der Waals surface area contributed by atoms with Gasteiger partial charge in [0.1, 0.15) is 11.4 Å². The van der Waals surface area contributed by atoms with Gasteiger partial charge < -0.3 is 0 Å². The lowest BCUT2D eigenvalue weighted by molar-refractivity contribution is 0.596. The fourth-order valence-corrected chi connectivity index (χ4v) is 6.04. The van der Waals surface area contributed by atoms with Crippen molar-refractivity contribution in [2.75, 3.05) is 0 Å². The fourth-order valence-electron chi connectivity index (χ4n) is 4.00. The van der Waals surface area contributed by atoms with Crippen LogP contribution in [0.15, 0.2) is 104 Å². The summed E-state index contributed by atoms with van der Waals surface area (Å²) in [6.45, 7) is 0. The molecule has 0 heterocycles. The maximum Gasteiger partial charge on any atom is 0.282 e. The van der Waals surface area contributed by atoms with Crippen molar-refractivity contribution in [3.05, 3.63) is 102 Å². The summed E-state index contributed by atoms with van der Waals surface area (Å²) in [5.74, 6) is 0. The molecule has 8 heteroatoms. The summed E-state index contributed by atoms with van der Waals surface area (Å²) < 4.78 is 60.2. The van der Waals surface area contributed by atoms with Crippen LogP contribution >= 0.6 is 0 Å². The maximum absolute atomic E-state index is 13.1. The van der Waals surface area contributed by atoms with Crippen molar-refractivity contribution in [1.82, 2.24) is 0 Å². The Morgan fingerprint density at radius 2 is 1.22 bits per heavy atom. The second-order valence-electron chi connectivity index (χ2n) is 7.50. The Bertz CT molecular complexity index is 1520. The first-order valence-electron chi connectivity index (χ1n) is 9.99. The zero-order valence-electron chi connectivity index (χ0n) is 16.8. The van der Waals surface area contributed by atoms with E-state index in [1.165, 1.54) is 24.3 Å². The van der Waals surface area contributed by atoms with Crippen LogP contribution in [0.1, 0.15) is 23.1 Å². The lowest BCUT2D eigenvalue weighted by Crippen LogP contribution is -2.23. The monoisotopic (exact) mass is 462 g/mol. The van der Waals surface area contributed by atoms with Gasteiger partial charge in [0.15, 0.2) is 0 Å². The van der Waals surface area contributed by atoms with Gasteiger partial charge in [0.25, 0.3) is 20.0 Å². The number of allylic oxidation sites excluding steroid dienone is 2.